The lowest BCUT2D eigenvalue weighted by Crippen LogP contribution is -2.37. The van der Waals surface area contributed by atoms with Crippen molar-refractivity contribution in [2.24, 2.45) is 0 Å². The number of aromatic hydroxyl groups is 1. The molecule has 0 radical (unpaired) electrons. The van der Waals surface area contributed by atoms with E-state index in [0.717, 1.165) is 6.42 Å². The fourth-order valence-corrected chi connectivity index (χ4v) is 4.08. The minimum Gasteiger partial charge on any atom is -0.506 e. The molecular formula is C17H20ClN3O4S. The first kappa shape index (κ1) is 20.1. The molecule has 0 bridgehead atoms. The Balaban J connectivity index is 2.37. The second kappa shape index (κ2) is 7.17. The van der Waals surface area contributed by atoms with Crippen molar-refractivity contribution in [1.82, 2.24) is 5.32 Å². The molecule has 1 aromatic carbocycles. The highest BCUT2D eigenvalue weighted by Gasteiger charge is 2.36. The van der Waals surface area contributed by atoms with Crippen LogP contribution in [-0.4, -0.2) is 30.3 Å². The van der Waals surface area contributed by atoms with Gasteiger partial charge in [0.1, 0.15) is 10.6 Å². The molecule has 0 saturated carbocycles. The summed E-state index contributed by atoms with van der Waals surface area (Å²) in [5, 5.41) is 16.1. The van der Waals surface area contributed by atoms with E-state index in [9.17, 15) is 18.3 Å². The van der Waals surface area contributed by atoms with Gasteiger partial charge in [0, 0.05) is 5.03 Å². The summed E-state index contributed by atoms with van der Waals surface area (Å²) in [6, 6.07) is 1.59. The molecule has 0 spiro atoms. The number of phenolic OH excluding ortho intramolecular Hbond substituents is 1. The average Bonchev–Trinajstić information content (AvgIpc) is 2.92. The summed E-state index contributed by atoms with van der Waals surface area (Å²) in [5.41, 5.74) is -0.305. The second-order valence-corrected chi connectivity index (χ2v) is 9.93. The van der Waals surface area contributed by atoms with E-state index in [4.69, 9.17) is 18.2 Å². The molecule has 0 heterocycles. The van der Waals surface area contributed by atoms with E-state index >= 15 is 0 Å². The van der Waals surface area contributed by atoms with Crippen molar-refractivity contribution in [3.8, 4) is 5.75 Å². The number of halogens is 1. The van der Waals surface area contributed by atoms with E-state index in [1.807, 2.05) is 6.08 Å². The zero-order valence-corrected chi connectivity index (χ0v) is 16.2. The van der Waals surface area contributed by atoms with E-state index in [-0.39, 0.29) is 17.4 Å². The number of hydrogen-bond donors (Lipinski definition) is 3. The molecule has 0 fully saturated rings. The monoisotopic (exact) mass is 397 g/mol. The van der Waals surface area contributed by atoms with Gasteiger partial charge in [-0.1, -0.05) is 23.7 Å². The number of urea groups is 1. The van der Waals surface area contributed by atoms with Gasteiger partial charge in [0.05, 0.1) is 23.0 Å². The number of sulfone groups is 1. The number of rotatable bonds is 3. The van der Waals surface area contributed by atoms with Crippen molar-refractivity contribution in [2.45, 2.75) is 49.3 Å². The van der Waals surface area contributed by atoms with Crippen LogP contribution in [0.1, 0.15) is 33.6 Å². The Labute approximate surface area is 157 Å². The van der Waals surface area contributed by atoms with Gasteiger partial charge in [-0.25, -0.2) is 18.1 Å². The van der Waals surface area contributed by atoms with E-state index in [2.05, 4.69) is 15.5 Å². The Morgan fingerprint density at radius 3 is 2.54 bits per heavy atom. The maximum Gasteiger partial charge on any atom is 0.319 e. The van der Waals surface area contributed by atoms with Gasteiger partial charge < -0.3 is 15.7 Å². The van der Waals surface area contributed by atoms with Gasteiger partial charge in [-0.15, -0.1) is 0 Å². The number of anilines is 1. The van der Waals surface area contributed by atoms with E-state index in [1.165, 1.54) is 32.9 Å². The quantitative estimate of drug-likeness (QED) is 0.531. The van der Waals surface area contributed by atoms with Crippen LogP contribution in [0.5, 0.6) is 5.75 Å². The Hall–Kier alpha value is -2.24. The Kier molecular flexibility index (Phi) is 5.54. The number of nitrogens with zero attached hydrogens (tertiary/aromatic N) is 1. The summed E-state index contributed by atoms with van der Waals surface area (Å²) in [6.45, 7) is 11.6. The van der Waals surface area contributed by atoms with Crippen LogP contribution in [0.25, 0.3) is 4.85 Å². The van der Waals surface area contributed by atoms with Crippen molar-refractivity contribution in [3.05, 3.63) is 34.7 Å². The van der Waals surface area contributed by atoms with Crippen molar-refractivity contribution in [2.75, 3.05) is 5.32 Å². The highest BCUT2D eigenvalue weighted by molar-refractivity contribution is 7.93. The number of phenols is 1. The zero-order chi connectivity index (χ0) is 19.7. The Morgan fingerprint density at radius 1 is 1.38 bits per heavy atom. The lowest BCUT2D eigenvalue weighted by atomic mass is 10.2. The van der Waals surface area contributed by atoms with Crippen LogP contribution in [0.3, 0.4) is 0 Å². The topological polar surface area (TPSA) is 99.9 Å². The summed E-state index contributed by atoms with van der Waals surface area (Å²) in [6.07, 6.45) is 3.23. The van der Waals surface area contributed by atoms with Crippen LogP contribution in [0.2, 0.25) is 0 Å². The molecule has 140 valence electrons. The standard InChI is InChI=1S/C17H20ClN3O4S/c1-17(2,3)26(24,25)15-13(19-4)9-8-12(14(15)22)21-16(23)20-11-7-5-6-10(11)18/h6,8-9,11,22H,5,7H2,1-3H3,(H2,20,21,23)/t11-/m1/s1. The summed E-state index contributed by atoms with van der Waals surface area (Å²) in [4.78, 5) is 14.8. The van der Waals surface area contributed by atoms with Gasteiger partial charge >= 0.3 is 6.03 Å². The van der Waals surface area contributed by atoms with Gasteiger partial charge in [0.2, 0.25) is 5.69 Å². The maximum atomic E-state index is 12.8. The van der Waals surface area contributed by atoms with Crippen LogP contribution < -0.4 is 10.6 Å². The van der Waals surface area contributed by atoms with Gasteiger partial charge in [-0.3, -0.25) is 0 Å². The van der Waals surface area contributed by atoms with Crippen molar-refractivity contribution in [1.29, 1.82) is 0 Å². The van der Waals surface area contributed by atoms with Crippen LogP contribution >= 0.6 is 11.6 Å². The average molecular weight is 398 g/mol. The predicted octanol–water partition coefficient (Wildman–Crippen LogP) is 3.92. The third-order valence-electron chi connectivity index (χ3n) is 3.99. The zero-order valence-electron chi connectivity index (χ0n) is 14.6. The van der Waals surface area contributed by atoms with Gasteiger partial charge in [-0.05, 0) is 39.7 Å². The van der Waals surface area contributed by atoms with E-state index < -0.39 is 31.3 Å². The molecule has 0 aromatic heterocycles. The Morgan fingerprint density at radius 2 is 2.04 bits per heavy atom. The molecule has 0 saturated heterocycles. The minimum absolute atomic E-state index is 0.101. The van der Waals surface area contributed by atoms with Crippen molar-refractivity contribution in [3.63, 3.8) is 0 Å². The molecule has 1 aliphatic rings. The first-order valence-corrected chi connectivity index (χ1v) is 9.76. The SMILES string of the molecule is [C-]#[N+]c1ccc(NC(=O)N[C@@H]2CCC=C2Cl)c(O)c1S(=O)(=O)C(C)(C)C. The lowest BCUT2D eigenvalue weighted by molar-refractivity contribution is 0.250. The summed E-state index contributed by atoms with van der Waals surface area (Å²) in [5.74, 6) is -0.656. The molecule has 0 unspecified atom stereocenters. The highest BCUT2D eigenvalue weighted by atomic mass is 35.5. The molecule has 26 heavy (non-hydrogen) atoms. The van der Waals surface area contributed by atoms with Crippen molar-refractivity contribution < 1.29 is 18.3 Å². The number of allylic oxidation sites excluding steroid dienone is 1. The van der Waals surface area contributed by atoms with Crippen molar-refractivity contribution >= 4 is 38.8 Å². The molecule has 2 rings (SSSR count). The number of amides is 2. The third-order valence-corrected chi connectivity index (χ3v) is 6.96. The molecular weight excluding hydrogens is 378 g/mol. The van der Waals surface area contributed by atoms with Crippen LogP contribution in [0.15, 0.2) is 28.1 Å². The normalized spacial score (nSPS) is 17.3. The first-order chi connectivity index (χ1) is 12.0. The number of hydrogen-bond acceptors (Lipinski definition) is 4. The minimum atomic E-state index is -4.00. The first-order valence-electron chi connectivity index (χ1n) is 7.90. The largest absolute Gasteiger partial charge is 0.506 e. The summed E-state index contributed by atoms with van der Waals surface area (Å²) < 4.78 is 24.3. The van der Waals surface area contributed by atoms with Crippen LogP contribution in [-0.2, 0) is 9.84 Å². The second-order valence-electron chi connectivity index (χ2n) is 6.85. The number of carbonyl (C=O) groups is 1. The summed E-state index contributed by atoms with van der Waals surface area (Å²) >= 11 is 5.99. The third kappa shape index (κ3) is 3.79. The maximum absolute atomic E-state index is 12.8. The Bertz CT molecular complexity index is 911. The van der Waals surface area contributed by atoms with E-state index in [1.54, 1.807) is 0 Å². The molecule has 1 aliphatic carbocycles. The fraction of sp³-hybridized carbons (Fsp3) is 0.412. The molecule has 1 aromatic rings. The highest BCUT2D eigenvalue weighted by Crippen LogP contribution is 2.42. The number of benzene rings is 1. The summed E-state index contributed by atoms with van der Waals surface area (Å²) in [7, 11) is -4.00. The molecule has 7 nitrogen and oxygen atoms in total. The number of nitrogens with one attached hydrogen (secondary N) is 2. The molecule has 0 aliphatic heterocycles. The molecule has 2 amide bonds. The molecule has 9 heteroatoms. The number of carbonyl (C=O) groups excluding carboxylic acids is 1. The van der Waals surface area contributed by atoms with Crippen LogP contribution in [0, 0.1) is 6.57 Å². The molecule has 1 atom stereocenters. The van der Waals surface area contributed by atoms with Gasteiger partial charge in [-0.2, -0.15) is 0 Å². The lowest BCUT2D eigenvalue weighted by Gasteiger charge is -2.22. The van der Waals surface area contributed by atoms with Crippen LogP contribution in [0.4, 0.5) is 16.2 Å². The fourth-order valence-electron chi connectivity index (χ4n) is 2.45. The van der Waals surface area contributed by atoms with Gasteiger partial charge in [0.25, 0.3) is 0 Å². The van der Waals surface area contributed by atoms with Gasteiger partial charge in [0.15, 0.2) is 9.84 Å². The molecule has 3 N–H and O–H groups in total. The smallest absolute Gasteiger partial charge is 0.319 e. The predicted molar refractivity (Wildman–Crippen MR) is 100 cm³/mol. The van der Waals surface area contributed by atoms with E-state index in [0.29, 0.717) is 11.5 Å².